The molecular formula is C15H19N3OS. The predicted octanol–water partition coefficient (Wildman–Crippen LogP) is 2.98. The molecule has 0 saturated heterocycles. The Balaban J connectivity index is 1.94. The summed E-state index contributed by atoms with van der Waals surface area (Å²) in [6.07, 6.45) is 4.37. The van der Waals surface area contributed by atoms with Crippen LogP contribution < -0.4 is 0 Å². The maximum Gasteiger partial charge on any atom is 0.273 e. The van der Waals surface area contributed by atoms with E-state index in [-0.39, 0.29) is 5.91 Å². The van der Waals surface area contributed by atoms with Crippen LogP contribution in [0.1, 0.15) is 40.8 Å². The minimum atomic E-state index is -0.0118. The van der Waals surface area contributed by atoms with Crippen molar-refractivity contribution in [2.24, 2.45) is 0 Å². The Morgan fingerprint density at radius 2 is 2.05 bits per heavy atom. The Kier molecular flexibility index (Phi) is 4.84. The van der Waals surface area contributed by atoms with Gasteiger partial charge in [0.2, 0.25) is 0 Å². The zero-order valence-corrected chi connectivity index (χ0v) is 12.9. The molecule has 0 aliphatic rings. The van der Waals surface area contributed by atoms with Gasteiger partial charge in [-0.2, -0.15) is 0 Å². The number of carbonyl (C=O) groups is 1. The first-order valence-corrected chi connectivity index (χ1v) is 7.55. The molecule has 2 heterocycles. The predicted molar refractivity (Wildman–Crippen MR) is 81.1 cm³/mol. The van der Waals surface area contributed by atoms with Gasteiger partial charge < -0.3 is 4.90 Å². The summed E-state index contributed by atoms with van der Waals surface area (Å²) in [4.78, 5) is 22.4. The van der Waals surface area contributed by atoms with Gasteiger partial charge in [-0.1, -0.05) is 13.8 Å². The average molecular weight is 289 g/mol. The van der Waals surface area contributed by atoms with Crippen LogP contribution in [0.25, 0.3) is 0 Å². The molecule has 0 fully saturated rings. The first-order valence-electron chi connectivity index (χ1n) is 6.67. The summed E-state index contributed by atoms with van der Waals surface area (Å²) in [7, 11) is 1.82. The van der Waals surface area contributed by atoms with E-state index < -0.39 is 0 Å². The second-order valence-corrected chi connectivity index (χ2v) is 5.95. The number of likely N-dealkylation sites (N-methyl/N-ethyl adjacent to an activating group) is 1. The molecule has 5 heteroatoms. The third kappa shape index (κ3) is 3.63. The molecule has 0 aliphatic carbocycles. The number of hydrogen-bond acceptors (Lipinski definition) is 4. The molecule has 0 bridgehead atoms. The van der Waals surface area contributed by atoms with E-state index in [1.54, 1.807) is 28.6 Å². The Bertz CT molecular complexity index is 566. The minimum absolute atomic E-state index is 0.0118. The van der Waals surface area contributed by atoms with E-state index >= 15 is 0 Å². The van der Waals surface area contributed by atoms with E-state index in [0.29, 0.717) is 18.2 Å². The van der Waals surface area contributed by atoms with Crippen molar-refractivity contribution in [2.45, 2.75) is 26.2 Å². The average Bonchev–Trinajstić information content (AvgIpc) is 2.95. The highest BCUT2D eigenvalue weighted by Gasteiger charge is 2.16. The van der Waals surface area contributed by atoms with E-state index in [1.807, 2.05) is 24.6 Å². The van der Waals surface area contributed by atoms with E-state index in [9.17, 15) is 4.79 Å². The van der Waals surface area contributed by atoms with Crippen LogP contribution in [0.2, 0.25) is 0 Å². The van der Waals surface area contributed by atoms with Crippen molar-refractivity contribution in [1.29, 1.82) is 0 Å². The number of pyridine rings is 1. The van der Waals surface area contributed by atoms with Gasteiger partial charge in [0, 0.05) is 37.3 Å². The van der Waals surface area contributed by atoms with Crippen LogP contribution in [0.4, 0.5) is 0 Å². The quantitative estimate of drug-likeness (QED) is 0.850. The summed E-state index contributed by atoms with van der Waals surface area (Å²) < 4.78 is 0. The molecule has 2 rings (SSSR count). The standard InChI is InChI=1S/C15H19N3OS/c1-11(2)14-17-13(10-20-14)15(19)18(3)9-6-12-4-7-16-8-5-12/h4-5,7-8,10-11H,6,9H2,1-3H3. The van der Waals surface area contributed by atoms with Crippen molar-refractivity contribution in [3.05, 3.63) is 46.2 Å². The van der Waals surface area contributed by atoms with Gasteiger partial charge in [0.05, 0.1) is 5.01 Å². The van der Waals surface area contributed by atoms with Gasteiger partial charge in [-0.05, 0) is 24.1 Å². The molecule has 0 aliphatic heterocycles. The SMILES string of the molecule is CC(C)c1nc(C(=O)N(C)CCc2ccncc2)cs1. The maximum atomic E-state index is 12.3. The third-order valence-corrected chi connectivity index (χ3v) is 4.21. The lowest BCUT2D eigenvalue weighted by molar-refractivity contribution is 0.0791. The fraction of sp³-hybridized carbons (Fsp3) is 0.400. The van der Waals surface area contributed by atoms with E-state index in [1.165, 1.54) is 5.56 Å². The van der Waals surface area contributed by atoms with E-state index in [0.717, 1.165) is 11.4 Å². The molecule has 0 saturated carbocycles. The van der Waals surface area contributed by atoms with Crippen molar-refractivity contribution < 1.29 is 4.79 Å². The summed E-state index contributed by atoms with van der Waals surface area (Å²) >= 11 is 1.55. The fourth-order valence-electron chi connectivity index (χ4n) is 1.79. The van der Waals surface area contributed by atoms with Crippen LogP contribution in [0.15, 0.2) is 29.9 Å². The first kappa shape index (κ1) is 14.7. The molecule has 0 radical (unpaired) electrons. The van der Waals surface area contributed by atoms with Gasteiger partial charge in [0.25, 0.3) is 5.91 Å². The Morgan fingerprint density at radius 1 is 1.35 bits per heavy atom. The Hall–Kier alpha value is -1.75. The smallest absolute Gasteiger partial charge is 0.273 e. The number of rotatable bonds is 5. The number of amides is 1. The van der Waals surface area contributed by atoms with Crippen molar-refractivity contribution >= 4 is 17.2 Å². The molecule has 0 atom stereocenters. The lowest BCUT2D eigenvalue weighted by atomic mass is 10.2. The number of hydrogen-bond donors (Lipinski definition) is 0. The summed E-state index contributed by atoms with van der Waals surface area (Å²) in [6, 6.07) is 3.94. The normalized spacial score (nSPS) is 10.8. The van der Waals surface area contributed by atoms with Crippen LogP contribution in [0.5, 0.6) is 0 Å². The lowest BCUT2D eigenvalue weighted by Crippen LogP contribution is -2.29. The molecule has 1 amide bonds. The maximum absolute atomic E-state index is 12.3. The van der Waals surface area contributed by atoms with Gasteiger partial charge in [0.1, 0.15) is 5.69 Å². The number of thiazole rings is 1. The minimum Gasteiger partial charge on any atom is -0.340 e. The van der Waals surface area contributed by atoms with Crippen molar-refractivity contribution in [3.63, 3.8) is 0 Å². The highest BCUT2D eigenvalue weighted by Crippen LogP contribution is 2.19. The van der Waals surface area contributed by atoms with Crippen molar-refractivity contribution in [3.8, 4) is 0 Å². The molecule has 0 aromatic carbocycles. The molecular weight excluding hydrogens is 270 g/mol. The topological polar surface area (TPSA) is 46.1 Å². The highest BCUT2D eigenvalue weighted by molar-refractivity contribution is 7.09. The number of carbonyl (C=O) groups excluding carboxylic acids is 1. The van der Waals surface area contributed by atoms with E-state index in [4.69, 9.17) is 0 Å². The van der Waals surface area contributed by atoms with Gasteiger partial charge in [-0.3, -0.25) is 9.78 Å². The Labute approximate surface area is 123 Å². The summed E-state index contributed by atoms with van der Waals surface area (Å²) in [5, 5.41) is 2.86. The second kappa shape index (κ2) is 6.61. The Morgan fingerprint density at radius 3 is 2.65 bits per heavy atom. The summed E-state index contributed by atoms with van der Waals surface area (Å²) in [5.41, 5.74) is 1.73. The third-order valence-electron chi connectivity index (χ3n) is 3.07. The monoisotopic (exact) mass is 289 g/mol. The molecule has 4 nitrogen and oxygen atoms in total. The summed E-state index contributed by atoms with van der Waals surface area (Å²) in [6.45, 7) is 4.85. The van der Waals surface area contributed by atoms with Gasteiger partial charge >= 0.3 is 0 Å². The van der Waals surface area contributed by atoms with Gasteiger partial charge in [-0.25, -0.2) is 4.98 Å². The van der Waals surface area contributed by atoms with Crippen LogP contribution in [-0.4, -0.2) is 34.4 Å². The largest absolute Gasteiger partial charge is 0.340 e. The zero-order valence-electron chi connectivity index (χ0n) is 12.0. The lowest BCUT2D eigenvalue weighted by Gasteiger charge is -2.15. The molecule has 0 spiro atoms. The van der Waals surface area contributed by atoms with Crippen LogP contribution in [0, 0.1) is 0 Å². The highest BCUT2D eigenvalue weighted by atomic mass is 32.1. The van der Waals surface area contributed by atoms with Crippen molar-refractivity contribution in [2.75, 3.05) is 13.6 Å². The van der Waals surface area contributed by atoms with Gasteiger partial charge in [-0.15, -0.1) is 11.3 Å². The van der Waals surface area contributed by atoms with Crippen LogP contribution >= 0.6 is 11.3 Å². The van der Waals surface area contributed by atoms with Gasteiger partial charge in [0.15, 0.2) is 0 Å². The molecule has 2 aromatic rings. The zero-order chi connectivity index (χ0) is 14.5. The number of nitrogens with zero attached hydrogens (tertiary/aromatic N) is 3. The molecule has 106 valence electrons. The molecule has 0 unspecified atom stereocenters. The van der Waals surface area contributed by atoms with Crippen LogP contribution in [-0.2, 0) is 6.42 Å². The molecule has 20 heavy (non-hydrogen) atoms. The van der Waals surface area contributed by atoms with E-state index in [2.05, 4.69) is 23.8 Å². The fourth-order valence-corrected chi connectivity index (χ4v) is 2.60. The number of aromatic nitrogens is 2. The first-order chi connectivity index (χ1) is 9.58. The summed E-state index contributed by atoms with van der Waals surface area (Å²) in [5.74, 6) is 0.353. The second-order valence-electron chi connectivity index (χ2n) is 5.06. The van der Waals surface area contributed by atoms with Crippen molar-refractivity contribution in [1.82, 2.24) is 14.9 Å². The van der Waals surface area contributed by atoms with Crippen LogP contribution in [0.3, 0.4) is 0 Å². The molecule has 2 aromatic heterocycles. The molecule has 0 N–H and O–H groups in total.